The first-order valence-corrected chi connectivity index (χ1v) is 8.99. The van der Waals surface area contributed by atoms with E-state index in [4.69, 9.17) is 22.6 Å². The Morgan fingerprint density at radius 1 is 1.35 bits per heavy atom. The summed E-state index contributed by atoms with van der Waals surface area (Å²) in [6.45, 7) is 1.15. The maximum Gasteiger partial charge on any atom is 0.331 e. The van der Waals surface area contributed by atoms with Gasteiger partial charge in [-0.25, -0.2) is 0 Å². The molecule has 0 aromatic heterocycles. The van der Waals surface area contributed by atoms with Crippen LogP contribution in [-0.4, -0.2) is 44.2 Å². The number of ether oxygens (including phenoxy) is 2. The second kappa shape index (κ2) is 6.05. The molecule has 3 fully saturated rings. The minimum absolute atomic E-state index is 0.0211. The Morgan fingerprint density at radius 3 is 2.95 bits per heavy atom. The Hall–Kier alpha value is 0.0700. The average molecular weight is 309 g/mol. The summed E-state index contributed by atoms with van der Waals surface area (Å²) in [4.78, 5) is 0. The zero-order valence-electron chi connectivity index (χ0n) is 14.8. The van der Waals surface area contributed by atoms with Crippen LogP contribution in [0.25, 0.3) is 0 Å². The summed E-state index contributed by atoms with van der Waals surface area (Å²) >= 11 is 0. The van der Waals surface area contributed by atoms with Gasteiger partial charge in [0, 0.05) is 21.0 Å². The first-order valence-electron chi connectivity index (χ1n) is 9.13. The van der Waals surface area contributed by atoms with Crippen LogP contribution in [0.4, 0.5) is 0 Å². The van der Waals surface area contributed by atoms with E-state index in [1.165, 1.54) is 0 Å². The Morgan fingerprint density at radius 2 is 2.20 bits per heavy atom. The summed E-state index contributed by atoms with van der Waals surface area (Å²) in [5.41, 5.74) is 0. The van der Waals surface area contributed by atoms with Crippen molar-refractivity contribution in [2.24, 2.45) is 11.8 Å². The Labute approximate surface area is 125 Å². The van der Waals surface area contributed by atoms with Gasteiger partial charge in [-0.15, -0.1) is 0 Å². The van der Waals surface area contributed by atoms with Crippen LogP contribution in [0.1, 0.15) is 37.2 Å². The minimum atomic E-state index is -3.28. The van der Waals surface area contributed by atoms with Gasteiger partial charge >= 0.3 is 7.60 Å². The van der Waals surface area contributed by atoms with Gasteiger partial charge in [-0.2, -0.15) is 0 Å². The van der Waals surface area contributed by atoms with Crippen molar-refractivity contribution >= 4 is 7.60 Å². The summed E-state index contributed by atoms with van der Waals surface area (Å²) in [7, 11) is -3.28. The highest BCUT2D eigenvalue weighted by atomic mass is 31.2. The lowest BCUT2D eigenvalue weighted by Crippen LogP contribution is -2.33. The lowest BCUT2D eigenvalue weighted by molar-refractivity contribution is 0.0207. The van der Waals surface area contributed by atoms with Crippen LogP contribution in [-0.2, 0) is 23.1 Å². The monoisotopic (exact) mass is 309 g/mol. The second-order valence-corrected chi connectivity index (χ2v) is 7.93. The van der Waals surface area contributed by atoms with E-state index < -0.39 is 33.0 Å². The largest absolute Gasteiger partial charge is 0.378 e. The molecule has 3 aliphatic rings. The fourth-order valence-corrected chi connectivity index (χ4v) is 5.34. The van der Waals surface area contributed by atoms with E-state index >= 15 is 0 Å². The van der Waals surface area contributed by atoms with Crippen molar-refractivity contribution in [2.75, 3.05) is 25.9 Å². The maximum atomic E-state index is 13.0. The molecule has 0 amide bonds. The summed E-state index contributed by atoms with van der Waals surface area (Å²) in [6, 6.07) is 0. The summed E-state index contributed by atoms with van der Waals surface area (Å²) in [5, 5.41) is 0. The molecule has 3 aliphatic heterocycles. The first kappa shape index (κ1) is 11.6. The Bertz CT molecular complexity index is 468. The molecule has 0 aliphatic carbocycles. The van der Waals surface area contributed by atoms with Crippen LogP contribution < -0.4 is 0 Å². The zero-order chi connectivity index (χ0) is 16.6. The first-order chi connectivity index (χ1) is 10.9. The second-order valence-electron chi connectivity index (χ2n) is 5.88. The van der Waals surface area contributed by atoms with Gasteiger partial charge in [-0.1, -0.05) is 6.92 Å². The van der Waals surface area contributed by atoms with Gasteiger partial charge in [0.05, 0.1) is 33.8 Å². The quantitative estimate of drug-likeness (QED) is 0.750. The average Bonchev–Trinajstić information content (AvgIpc) is 3.00. The molecular weight excluding hydrogens is 279 g/mol. The van der Waals surface area contributed by atoms with Crippen molar-refractivity contribution < 1.29 is 27.2 Å². The standard InChI is InChI=1S/C14H25O5P/c1-10-3-6-17-14(10)12-4-8-18-20(15,9-12)19-13-5-7-16-11(13)2/h10-14H,3-9H2,1-2H3/t10-,11+,12+,13-,14-,20-/m0/s1/i2D,6T,7T/t6-,7-,10-,11+,12+,13-,14-,20-. The van der Waals surface area contributed by atoms with E-state index in [0.717, 1.165) is 6.42 Å². The molecule has 3 rings (SSSR count). The van der Waals surface area contributed by atoms with Crippen LogP contribution >= 0.6 is 7.60 Å². The lowest BCUT2D eigenvalue weighted by atomic mass is 9.91. The van der Waals surface area contributed by atoms with Crippen LogP contribution in [0, 0.1) is 11.8 Å². The van der Waals surface area contributed by atoms with Crippen LogP contribution in [0.15, 0.2) is 0 Å². The number of hydrogen-bond acceptors (Lipinski definition) is 5. The number of hydrogen-bond donors (Lipinski definition) is 0. The molecule has 0 unspecified atom stereocenters. The van der Waals surface area contributed by atoms with E-state index in [2.05, 4.69) is 6.92 Å². The predicted octanol–water partition coefficient (Wildman–Crippen LogP) is 2.84. The van der Waals surface area contributed by atoms with Gasteiger partial charge in [-0.05, 0) is 31.6 Å². The van der Waals surface area contributed by atoms with E-state index in [-0.39, 0.29) is 31.0 Å². The molecule has 20 heavy (non-hydrogen) atoms. The van der Waals surface area contributed by atoms with Crippen molar-refractivity contribution in [2.45, 2.75) is 51.4 Å². The van der Waals surface area contributed by atoms with Gasteiger partial charge in [0.2, 0.25) is 0 Å². The van der Waals surface area contributed by atoms with Crippen LogP contribution in [0.2, 0.25) is 0 Å². The highest BCUT2D eigenvalue weighted by Crippen LogP contribution is 2.56. The summed E-state index contributed by atoms with van der Waals surface area (Å²) in [5.74, 6) is 0.325. The van der Waals surface area contributed by atoms with Crippen molar-refractivity contribution in [1.82, 2.24) is 0 Å². The molecule has 3 saturated heterocycles. The highest BCUT2D eigenvalue weighted by Gasteiger charge is 2.43. The molecule has 3 heterocycles. The van der Waals surface area contributed by atoms with Crippen molar-refractivity contribution in [3.8, 4) is 0 Å². The fourth-order valence-electron chi connectivity index (χ4n) is 3.11. The van der Waals surface area contributed by atoms with Crippen LogP contribution in [0.3, 0.4) is 0 Å². The normalized spacial score (nSPS) is 59.0. The third-order valence-electron chi connectivity index (χ3n) is 4.29. The van der Waals surface area contributed by atoms with Crippen molar-refractivity contribution in [3.05, 3.63) is 0 Å². The third kappa shape index (κ3) is 3.12. The maximum absolute atomic E-state index is 13.0. The Balaban J connectivity index is 1.64. The van der Waals surface area contributed by atoms with Crippen molar-refractivity contribution in [3.63, 3.8) is 0 Å². The molecule has 5 nitrogen and oxygen atoms in total. The molecule has 6 heteroatoms. The van der Waals surface area contributed by atoms with E-state index in [0.29, 0.717) is 19.4 Å². The molecule has 0 aromatic carbocycles. The van der Waals surface area contributed by atoms with Gasteiger partial charge < -0.3 is 18.5 Å². The van der Waals surface area contributed by atoms with Gasteiger partial charge in [0.1, 0.15) is 0 Å². The summed E-state index contributed by atoms with van der Waals surface area (Å²) < 4.78 is 58.0. The minimum Gasteiger partial charge on any atom is -0.378 e. The highest BCUT2D eigenvalue weighted by molar-refractivity contribution is 7.53. The molecule has 0 aromatic rings. The lowest BCUT2D eigenvalue weighted by Gasteiger charge is -2.34. The van der Waals surface area contributed by atoms with Gasteiger partial charge in [-0.3, -0.25) is 4.57 Å². The summed E-state index contributed by atoms with van der Waals surface area (Å²) in [6.07, 6.45) is 0.918. The van der Waals surface area contributed by atoms with E-state index in [1.807, 2.05) is 0 Å². The fraction of sp³-hybridized carbons (Fsp3) is 1.00. The predicted molar refractivity (Wildman–Crippen MR) is 75.0 cm³/mol. The van der Waals surface area contributed by atoms with E-state index in [9.17, 15) is 4.57 Å². The van der Waals surface area contributed by atoms with E-state index in [1.54, 1.807) is 0 Å². The van der Waals surface area contributed by atoms with Gasteiger partial charge in [0.15, 0.2) is 0 Å². The smallest absolute Gasteiger partial charge is 0.331 e. The molecule has 0 spiro atoms. The molecule has 8 atom stereocenters. The third-order valence-corrected chi connectivity index (χ3v) is 6.38. The zero-order valence-corrected chi connectivity index (χ0v) is 12.7. The molecule has 116 valence electrons. The molecule has 0 radical (unpaired) electrons. The van der Waals surface area contributed by atoms with Gasteiger partial charge in [0.25, 0.3) is 0 Å². The Kier molecular flexibility index (Phi) is 3.52. The molecule has 0 saturated carbocycles. The molecule has 0 bridgehead atoms. The SMILES string of the molecule is [2H]C[C@H]1O[C@@H]([3H])C[C@@H]1O[P@]1(=O)C[C@H]([C@H]2O[C@@H]([3H])C[C@@H]2C)CCO1. The molecule has 0 N–H and O–H groups in total. The van der Waals surface area contributed by atoms with Crippen molar-refractivity contribution in [1.29, 1.82) is 0 Å². The number of rotatable bonds is 3. The topological polar surface area (TPSA) is 54.0 Å². The van der Waals surface area contributed by atoms with Crippen LogP contribution in [0.5, 0.6) is 0 Å². The molecular formula is C14H25O5P.